The number of imide groups is 1. The molecule has 1 unspecified atom stereocenters. The molecular weight excluding hydrogens is 340 g/mol. The third-order valence-corrected chi connectivity index (χ3v) is 5.21. The van der Waals surface area contributed by atoms with E-state index >= 15 is 0 Å². The van der Waals surface area contributed by atoms with Crippen LogP contribution in [0.1, 0.15) is 62.0 Å². The van der Waals surface area contributed by atoms with E-state index < -0.39 is 23.3 Å². The van der Waals surface area contributed by atoms with E-state index in [1.54, 1.807) is 0 Å². The number of piperidine rings is 1. The maximum atomic E-state index is 12.8. The third-order valence-electron chi connectivity index (χ3n) is 5.21. The summed E-state index contributed by atoms with van der Waals surface area (Å²) in [6.07, 6.45) is 5.23. The number of esters is 1. The van der Waals surface area contributed by atoms with Crippen molar-refractivity contribution >= 4 is 29.5 Å². The minimum Gasteiger partial charge on any atom is -0.464 e. The van der Waals surface area contributed by atoms with Gasteiger partial charge in [0.2, 0.25) is 17.7 Å². The van der Waals surface area contributed by atoms with Gasteiger partial charge in [-0.2, -0.15) is 0 Å². The van der Waals surface area contributed by atoms with Gasteiger partial charge in [0.15, 0.2) is 5.69 Å². The molecule has 0 radical (unpaired) electrons. The molecule has 0 aromatic carbocycles. The molecule has 1 atom stereocenters. The number of ether oxygens (including phenoxy) is 1. The van der Waals surface area contributed by atoms with Gasteiger partial charge in [0, 0.05) is 11.8 Å². The minimum atomic E-state index is -0.731. The van der Waals surface area contributed by atoms with E-state index in [2.05, 4.69) is 15.6 Å². The molecule has 0 bridgehead atoms. The maximum Gasteiger partial charge on any atom is 0.360 e. The van der Waals surface area contributed by atoms with Gasteiger partial charge < -0.3 is 14.6 Å². The molecule has 9 nitrogen and oxygen atoms in total. The van der Waals surface area contributed by atoms with Crippen molar-refractivity contribution in [3.63, 3.8) is 0 Å². The van der Waals surface area contributed by atoms with E-state index in [1.165, 1.54) is 18.0 Å². The molecule has 1 saturated carbocycles. The lowest BCUT2D eigenvalue weighted by molar-refractivity contribution is -0.135. The Kier molecular flexibility index (Phi) is 4.80. The second-order valence-electron chi connectivity index (χ2n) is 7.03. The Hall–Kier alpha value is -2.71. The monoisotopic (exact) mass is 362 g/mol. The lowest BCUT2D eigenvalue weighted by atomic mass is 9.88. The summed E-state index contributed by atoms with van der Waals surface area (Å²) in [5.41, 5.74) is -0.583. The number of imidazole rings is 1. The number of amides is 3. The summed E-state index contributed by atoms with van der Waals surface area (Å²) >= 11 is 0. The highest BCUT2D eigenvalue weighted by molar-refractivity contribution is 6.03. The van der Waals surface area contributed by atoms with Gasteiger partial charge in [-0.1, -0.05) is 19.8 Å². The van der Waals surface area contributed by atoms with E-state index in [-0.39, 0.29) is 36.2 Å². The molecule has 2 heterocycles. The van der Waals surface area contributed by atoms with Crippen LogP contribution in [-0.4, -0.2) is 40.4 Å². The molecule has 2 fully saturated rings. The summed E-state index contributed by atoms with van der Waals surface area (Å²) in [7, 11) is 1.22. The van der Waals surface area contributed by atoms with Gasteiger partial charge in [0.25, 0.3) is 0 Å². The van der Waals surface area contributed by atoms with E-state index in [0.29, 0.717) is 0 Å². The second-order valence-corrected chi connectivity index (χ2v) is 7.03. The zero-order chi connectivity index (χ0) is 18.9. The van der Waals surface area contributed by atoms with Crippen LogP contribution >= 0.6 is 0 Å². The molecule has 3 amide bonds. The van der Waals surface area contributed by atoms with Crippen molar-refractivity contribution in [1.29, 1.82) is 0 Å². The Morgan fingerprint density at radius 2 is 2.04 bits per heavy atom. The van der Waals surface area contributed by atoms with Gasteiger partial charge in [0.05, 0.1) is 13.4 Å². The highest BCUT2D eigenvalue weighted by Gasteiger charge is 2.38. The molecular formula is C17H22N4O5. The number of nitrogens with one attached hydrogen (secondary N) is 2. The molecule has 1 aromatic rings. The first-order valence-electron chi connectivity index (χ1n) is 8.66. The van der Waals surface area contributed by atoms with E-state index in [4.69, 9.17) is 4.74 Å². The van der Waals surface area contributed by atoms with Gasteiger partial charge in [0.1, 0.15) is 11.9 Å². The van der Waals surface area contributed by atoms with Gasteiger partial charge >= 0.3 is 5.97 Å². The maximum absolute atomic E-state index is 12.8. The number of rotatable bonds is 4. The standard InChI is InChI=1S/C17H22N4O5/c1-17(7-3-4-8-17)16(25)20-13-12(15(24)26-2)18-9-21(13)10-5-6-11(22)19-14(10)23/h9-10H,3-8H2,1-2H3,(H,20,25)(H,19,22,23). The molecule has 2 N–H and O–H groups in total. The normalized spacial score (nSPS) is 22.0. The van der Waals surface area contributed by atoms with Gasteiger partial charge in [-0.05, 0) is 19.3 Å². The number of methoxy groups -OCH3 is 1. The molecule has 26 heavy (non-hydrogen) atoms. The van der Waals surface area contributed by atoms with E-state index in [9.17, 15) is 19.2 Å². The topological polar surface area (TPSA) is 119 Å². The van der Waals surface area contributed by atoms with Crippen LogP contribution in [0.15, 0.2) is 6.33 Å². The average molecular weight is 362 g/mol. The summed E-state index contributed by atoms with van der Waals surface area (Å²) in [5, 5.41) is 5.05. The van der Waals surface area contributed by atoms with Crippen LogP contribution in [0.3, 0.4) is 0 Å². The van der Waals surface area contributed by atoms with Crippen LogP contribution < -0.4 is 10.6 Å². The lowest BCUT2D eigenvalue weighted by Gasteiger charge is -2.26. The zero-order valence-corrected chi connectivity index (χ0v) is 14.8. The highest BCUT2D eigenvalue weighted by Crippen LogP contribution is 2.39. The summed E-state index contributed by atoms with van der Waals surface area (Å²) in [6.45, 7) is 1.89. The zero-order valence-electron chi connectivity index (χ0n) is 14.8. The molecule has 1 aromatic heterocycles. The molecule has 2 aliphatic rings. The number of anilines is 1. The Morgan fingerprint density at radius 1 is 1.35 bits per heavy atom. The molecule has 9 heteroatoms. The smallest absolute Gasteiger partial charge is 0.360 e. The predicted octanol–water partition coefficient (Wildman–Crippen LogP) is 1.17. The molecule has 1 aliphatic heterocycles. The van der Waals surface area contributed by atoms with Gasteiger partial charge in [-0.3, -0.25) is 19.7 Å². The Labute approximate surface area is 150 Å². The van der Waals surface area contributed by atoms with Crippen LogP contribution in [0.2, 0.25) is 0 Å². The summed E-state index contributed by atoms with van der Waals surface area (Å²) in [5.74, 6) is -1.62. The molecule has 0 spiro atoms. The number of carbonyl (C=O) groups is 4. The second kappa shape index (κ2) is 6.89. The fraction of sp³-hybridized carbons (Fsp3) is 0.588. The fourth-order valence-electron chi connectivity index (χ4n) is 3.56. The van der Waals surface area contributed by atoms with Crippen LogP contribution in [-0.2, 0) is 19.1 Å². The Morgan fingerprint density at radius 3 is 2.65 bits per heavy atom. The quantitative estimate of drug-likeness (QED) is 0.613. The Balaban J connectivity index is 1.94. The SMILES string of the molecule is COC(=O)c1ncn(C2CCC(=O)NC2=O)c1NC(=O)C1(C)CCCC1. The minimum absolute atomic E-state index is 0.0628. The first-order chi connectivity index (χ1) is 12.4. The average Bonchev–Trinajstić information content (AvgIpc) is 3.22. The first-order valence-corrected chi connectivity index (χ1v) is 8.66. The molecule has 3 rings (SSSR count). The van der Waals surface area contributed by atoms with Crippen LogP contribution in [0.5, 0.6) is 0 Å². The number of hydrogen-bond donors (Lipinski definition) is 2. The van der Waals surface area contributed by atoms with Crippen molar-refractivity contribution in [3.05, 3.63) is 12.0 Å². The fourth-order valence-corrected chi connectivity index (χ4v) is 3.56. The van der Waals surface area contributed by atoms with Gasteiger partial charge in [-0.15, -0.1) is 0 Å². The first kappa shape index (κ1) is 18.1. The van der Waals surface area contributed by atoms with Crippen molar-refractivity contribution < 1.29 is 23.9 Å². The van der Waals surface area contributed by atoms with Gasteiger partial charge in [-0.25, -0.2) is 9.78 Å². The summed E-state index contributed by atoms with van der Waals surface area (Å²) in [4.78, 5) is 52.5. The molecule has 1 aliphatic carbocycles. The largest absolute Gasteiger partial charge is 0.464 e. The van der Waals surface area contributed by atoms with E-state index in [0.717, 1.165) is 25.7 Å². The van der Waals surface area contributed by atoms with Crippen molar-refractivity contribution in [2.45, 2.75) is 51.5 Å². The number of nitrogens with zero attached hydrogens (tertiary/aromatic N) is 2. The highest BCUT2D eigenvalue weighted by atomic mass is 16.5. The van der Waals surface area contributed by atoms with Crippen LogP contribution in [0, 0.1) is 5.41 Å². The third kappa shape index (κ3) is 3.21. The van der Waals surface area contributed by atoms with Crippen LogP contribution in [0.4, 0.5) is 5.82 Å². The van der Waals surface area contributed by atoms with Crippen molar-refractivity contribution in [1.82, 2.24) is 14.9 Å². The number of carbonyl (C=O) groups excluding carboxylic acids is 4. The molecule has 140 valence electrons. The molecule has 1 saturated heterocycles. The summed E-state index contributed by atoms with van der Waals surface area (Å²) < 4.78 is 6.17. The van der Waals surface area contributed by atoms with Crippen molar-refractivity contribution in [2.24, 2.45) is 5.41 Å². The predicted molar refractivity (Wildman–Crippen MR) is 90.2 cm³/mol. The number of aromatic nitrogens is 2. The number of hydrogen-bond acceptors (Lipinski definition) is 6. The lowest BCUT2D eigenvalue weighted by Crippen LogP contribution is -2.42. The van der Waals surface area contributed by atoms with E-state index in [1.807, 2.05) is 6.92 Å². The van der Waals surface area contributed by atoms with Crippen LogP contribution in [0.25, 0.3) is 0 Å². The van der Waals surface area contributed by atoms with Crippen molar-refractivity contribution in [3.8, 4) is 0 Å². The summed E-state index contributed by atoms with van der Waals surface area (Å²) in [6, 6.07) is -0.731. The Bertz CT molecular complexity index is 763. The van der Waals surface area contributed by atoms with Crippen molar-refractivity contribution in [2.75, 3.05) is 12.4 Å².